The maximum absolute atomic E-state index is 12.8. The predicted octanol–water partition coefficient (Wildman–Crippen LogP) is 3.80. The number of rotatable bonds is 5. The number of aromatic nitrogens is 1. The van der Waals surface area contributed by atoms with Crippen LogP contribution in [0.1, 0.15) is 17.3 Å². The van der Waals surface area contributed by atoms with Crippen LogP contribution in [0.4, 0.5) is 0 Å². The van der Waals surface area contributed by atoms with Crippen LogP contribution >= 0.6 is 11.6 Å². The molecule has 1 aromatic heterocycles. The summed E-state index contributed by atoms with van der Waals surface area (Å²) in [5.41, 5.74) is 1.41. The fraction of sp³-hybridized carbons (Fsp3) is 0.0556. The summed E-state index contributed by atoms with van der Waals surface area (Å²) in [6.07, 6.45) is 1.63. The first kappa shape index (κ1) is 16.6. The average molecular weight is 359 g/mol. The molecule has 1 N–H and O–H groups in total. The van der Waals surface area contributed by atoms with Gasteiger partial charge >= 0.3 is 0 Å². The first-order chi connectivity index (χ1) is 11.6. The topological polar surface area (TPSA) is 59.1 Å². The number of sulfonamides is 1. The molecule has 0 saturated heterocycles. The van der Waals surface area contributed by atoms with E-state index in [0.717, 1.165) is 5.56 Å². The molecule has 0 bridgehead atoms. The van der Waals surface area contributed by atoms with Gasteiger partial charge in [0.25, 0.3) is 0 Å². The van der Waals surface area contributed by atoms with Crippen molar-refractivity contribution in [2.75, 3.05) is 0 Å². The molecule has 0 aliphatic rings. The van der Waals surface area contributed by atoms with E-state index in [9.17, 15) is 8.42 Å². The van der Waals surface area contributed by atoms with Crippen molar-refractivity contribution in [3.05, 3.63) is 95.3 Å². The largest absolute Gasteiger partial charge is 0.259 e. The van der Waals surface area contributed by atoms with Crippen molar-refractivity contribution in [2.24, 2.45) is 0 Å². The molecule has 0 amide bonds. The number of pyridine rings is 1. The van der Waals surface area contributed by atoms with E-state index < -0.39 is 16.1 Å². The van der Waals surface area contributed by atoms with Crippen LogP contribution in [-0.2, 0) is 10.0 Å². The van der Waals surface area contributed by atoms with Gasteiger partial charge in [0.05, 0.1) is 16.8 Å². The van der Waals surface area contributed by atoms with Crippen LogP contribution in [0, 0.1) is 0 Å². The van der Waals surface area contributed by atoms with Crippen LogP contribution in [0.2, 0.25) is 5.02 Å². The Morgan fingerprint density at radius 1 is 0.875 bits per heavy atom. The van der Waals surface area contributed by atoms with Gasteiger partial charge in [-0.05, 0) is 29.8 Å². The minimum absolute atomic E-state index is 0.0449. The van der Waals surface area contributed by atoms with Gasteiger partial charge in [-0.25, -0.2) is 8.42 Å². The Morgan fingerprint density at radius 2 is 1.54 bits per heavy atom. The fourth-order valence-electron chi connectivity index (χ4n) is 2.37. The summed E-state index contributed by atoms with van der Waals surface area (Å²) >= 11 is 6.05. The molecule has 0 saturated carbocycles. The molecule has 122 valence electrons. The molecule has 6 heteroatoms. The molecule has 1 atom stereocenters. The minimum Gasteiger partial charge on any atom is -0.259 e. The molecule has 24 heavy (non-hydrogen) atoms. The molecule has 4 nitrogen and oxygen atoms in total. The molecule has 2 aromatic carbocycles. The smallest absolute Gasteiger partial charge is 0.242 e. The Kier molecular flexibility index (Phi) is 4.94. The lowest BCUT2D eigenvalue weighted by molar-refractivity contribution is 0.570. The van der Waals surface area contributed by atoms with Crippen molar-refractivity contribution in [3.63, 3.8) is 0 Å². The van der Waals surface area contributed by atoms with Crippen molar-refractivity contribution in [2.45, 2.75) is 10.9 Å². The van der Waals surface area contributed by atoms with Crippen LogP contribution in [-0.4, -0.2) is 13.4 Å². The first-order valence-electron chi connectivity index (χ1n) is 7.31. The summed E-state index contributed by atoms with van der Waals surface area (Å²) in [5.74, 6) is 0. The zero-order chi connectivity index (χ0) is 17.0. The second-order valence-corrected chi connectivity index (χ2v) is 7.24. The Hall–Kier alpha value is -2.21. The third-order valence-corrected chi connectivity index (χ3v) is 5.44. The number of nitrogens with zero attached hydrogens (tertiary/aromatic N) is 1. The highest BCUT2D eigenvalue weighted by molar-refractivity contribution is 7.89. The van der Waals surface area contributed by atoms with E-state index in [1.54, 1.807) is 36.5 Å². The van der Waals surface area contributed by atoms with Gasteiger partial charge in [0.2, 0.25) is 10.0 Å². The lowest BCUT2D eigenvalue weighted by Crippen LogP contribution is -2.30. The fourth-order valence-corrected chi connectivity index (χ4v) is 4.09. The molecule has 0 radical (unpaired) electrons. The van der Waals surface area contributed by atoms with Crippen LogP contribution in [0.25, 0.3) is 0 Å². The van der Waals surface area contributed by atoms with Crippen molar-refractivity contribution >= 4 is 21.6 Å². The van der Waals surface area contributed by atoms with E-state index in [2.05, 4.69) is 9.71 Å². The highest BCUT2D eigenvalue weighted by Crippen LogP contribution is 2.26. The Bertz CT molecular complexity index is 877. The van der Waals surface area contributed by atoms with Gasteiger partial charge in [-0.15, -0.1) is 0 Å². The Balaban J connectivity index is 2.03. The summed E-state index contributed by atoms with van der Waals surface area (Å²) in [6.45, 7) is 0. The standard InChI is InChI=1S/C18H15ClN2O2S/c19-15-10-4-5-12-17(15)24(22,23)21-18(14-8-2-1-3-9-14)16-11-6-7-13-20-16/h1-13,18,21H. The molecule has 3 aromatic rings. The molecule has 0 aliphatic heterocycles. The number of benzene rings is 2. The maximum Gasteiger partial charge on any atom is 0.242 e. The molecule has 1 heterocycles. The summed E-state index contributed by atoms with van der Waals surface area (Å²) in [6, 6.07) is 20.4. The quantitative estimate of drug-likeness (QED) is 0.754. The highest BCUT2D eigenvalue weighted by Gasteiger charge is 2.25. The molecule has 0 fully saturated rings. The SMILES string of the molecule is O=S(=O)(NC(c1ccccc1)c1ccccn1)c1ccccc1Cl. The second-order valence-electron chi connectivity index (χ2n) is 5.15. The summed E-state index contributed by atoms with van der Waals surface area (Å²) in [7, 11) is -3.81. The lowest BCUT2D eigenvalue weighted by atomic mass is 10.0. The van der Waals surface area contributed by atoms with E-state index in [0.29, 0.717) is 5.69 Å². The minimum atomic E-state index is -3.81. The number of hydrogen-bond acceptors (Lipinski definition) is 3. The van der Waals surface area contributed by atoms with Crippen LogP contribution in [0.15, 0.2) is 83.9 Å². The van der Waals surface area contributed by atoms with Crippen molar-refractivity contribution in [1.82, 2.24) is 9.71 Å². The number of halogens is 1. The second kappa shape index (κ2) is 7.13. The third-order valence-electron chi connectivity index (χ3n) is 3.52. The van der Waals surface area contributed by atoms with E-state index in [1.165, 1.54) is 6.07 Å². The number of hydrogen-bond donors (Lipinski definition) is 1. The predicted molar refractivity (Wildman–Crippen MR) is 94.3 cm³/mol. The molecule has 0 spiro atoms. The molecular weight excluding hydrogens is 344 g/mol. The van der Waals surface area contributed by atoms with Gasteiger partial charge in [-0.2, -0.15) is 4.72 Å². The van der Waals surface area contributed by atoms with E-state index in [4.69, 9.17) is 11.6 Å². The lowest BCUT2D eigenvalue weighted by Gasteiger charge is -2.19. The van der Waals surface area contributed by atoms with Crippen molar-refractivity contribution in [3.8, 4) is 0 Å². The van der Waals surface area contributed by atoms with Crippen LogP contribution in [0.3, 0.4) is 0 Å². The van der Waals surface area contributed by atoms with Crippen molar-refractivity contribution < 1.29 is 8.42 Å². The third kappa shape index (κ3) is 3.64. The van der Waals surface area contributed by atoms with Gasteiger partial charge < -0.3 is 0 Å². The average Bonchev–Trinajstić information content (AvgIpc) is 2.61. The summed E-state index contributed by atoms with van der Waals surface area (Å²) in [4.78, 5) is 4.34. The van der Waals surface area contributed by atoms with Gasteiger partial charge in [0, 0.05) is 6.20 Å². The van der Waals surface area contributed by atoms with E-state index in [-0.39, 0.29) is 9.92 Å². The normalized spacial score (nSPS) is 12.7. The van der Waals surface area contributed by atoms with Crippen LogP contribution < -0.4 is 4.72 Å². The summed E-state index contributed by atoms with van der Waals surface area (Å²) < 4.78 is 28.3. The van der Waals surface area contributed by atoms with Crippen LogP contribution in [0.5, 0.6) is 0 Å². The first-order valence-corrected chi connectivity index (χ1v) is 9.17. The Labute approximate surface area is 146 Å². The van der Waals surface area contributed by atoms with Gasteiger partial charge in [-0.1, -0.05) is 60.1 Å². The van der Waals surface area contributed by atoms with Gasteiger partial charge in [0.15, 0.2) is 0 Å². The zero-order valence-electron chi connectivity index (χ0n) is 12.6. The molecule has 0 aliphatic carbocycles. The maximum atomic E-state index is 12.8. The van der Waals surface area contributed by atoms with Crippen molar-refractivity contribution in [1.29, 1.82) is 0 Å². The van der Waals surface area contributed by atoms with Gasteiger partial charge in [-0.3, -0.25) is 4.98 Å². The van der Waals surface area contributed by atoms with Gasteiger partial charge in [0.1, 0.15) is 4.90 Å². The Morgan fingerprint density at radius 3 is 2.21 bits per heavy atom. The summed E-state index contributed by atoms with van der Waals surface area (Å²) in [5, 5.41) is 0.179. The molecular formula is C18H15ClN2O2S. The highest BCUT2D eigenvalue weighted by atomic mass is 35.5. The van der Waals surface area contributed by atoms with E-state index in [1.807, 2.05) is 36.4 Å². The monoisotopic (exact) mass is 358 g/mol. The zero-order valence-corrected chi connectivity index (χ0v) is 14.2. The molecule has 1 unspecified atom stereocenters. The van der Waals surface area contributed by atoms with E-state index >= 15 is 0 Å². The molecule has 3 rings (SSSR count). The number of nitrogens with one attached hydrogen (secondary N) is 1.